The van der Waals surface area contributed by atoms with Gasteiger partial charge in [-0.15, -0.1) is 0 Å². The number of amidine groups is 1. The Kier molecular flexibility index (Phi) is 4.65. The molecule has 0 radical (unpaired) electrons. The second kappa shape index (κ2) is 5.53. The topological polar surface area (TPSA) is 24.4 Å². The maximum Gasteiger partial charge on any atom is 0.257 e. The van der Waals surface area contributed by atoms with Crippen molar-refractivity contribution in [2.24, 2.45) is 10.9 Å². The Morgan fingerprint density at radius 1 is 1.57 bits per heavy atom. The molecule has 1 aliphatic rings. The van der Waals surface area contributed by atoms with Gasteiger partial charge in [0.1, 0.15) is 6.54 Å². The fraction of sp³-hybridized carbons (Fsp3) is 0.889. The van der Waals surface area contributed by atoms with Crippen LogP contribution in [0.2, 0.25) is 0 Å². The van der Waals surface area contributed by atoms with Crippen molar-refractivity contribution in [2.45, 2.75) is 32.7 Å². The summed E-state index contributed by atoms with van der Waals surface area (Å²) in [7, 11) is 0. The molecule has 5 heteroatoms. The van der Waals surface area contributed by atoms with Crippen molar-refractivity contribution in [3.05, 3.63) is 0 Å². The fourth-order valence-electron chi connectivity index (χ4n) is 1.30. The summed E-state index contributed by atoms with van der Waals surface area (Å²) in [5.74, 6) is 1.49. The van der Waals surface area contributed by atoms with Crippen molar-refractivity contribution < 1.29 is 8.78 Å². The minimum Gasteiger partial charge on any atom is -0.362 e. The lowest BCUT2D eigenvalue weighted by Crippen LogP contribution is -2.41. The van der Waals surface area contributed by atoms with Gasteiger partial charge in [0, 0.05) is 11.8 Å². The molecule has 1 heterocycles. The molecule has 1 aliphatic heterocycles. The molecule has 1 rings (SSSR count). The highest BCUT2D eigenvalue weighted by Gasteiger charge is 2.20. The van der Waals surface area contributed by atoms with Crippen LogP contribution < -0.4 is 5.32 Å². The lowest BCUT2D eigenvalue weighted by molar-refractivity contribution is 0.158. The van der Waals surface area contributed by atoms with Crippen LogP contribution in [-0.4, -0.2) is 29.9 Å². The summed E-state index contributed by atoms with van der Waals surface area (Å²) in [6, 6.07) is 0.382. The van der Waals surface area contributed by atoms with Gasteiger partial charge < -0.3 is 5.32 Å². The van der Waals surface area contributed by atoms with Crippen LogP contribution in [0.3, 0.4) is 0 Å². The van der Waals surface area contributed by atoms with Crippen molar-refractivity contribution in [1.82, 2.24) is 5.32 Å². The first kappa shape index (κ1) is 11.8. The highest BCUT2D eigenvalue weighted by molar-refractivity contribution is 8.13. The van der Waals surface area contributed by atoms with Crippen LogP contribution in [-0.2, 0) is 0 Å². The summed E-state index contributed by atoms with van der Waals surface area (Å²) in [6.45, 7) is 3.86. The molecule has 14 heavy (non-hydrogen) atoms. The second-order valence-electron chi connectivity index (χ2n) is 3.67. The van der Waals surface area contributed by atoms with E-state index in [-0.39, 0.29) is 6.54 Å². The van der Waals surface area contributed by atoms with Gasteiger partial charge in [-0.25, -0.2) is 8.78 Å². The molecule has 1 N–H and O–H groups in total. The fourth-order valence-corrected chi connectivity index (χ4v) is 2.26. The Bertz CT molecular complexity index is 207. The predicted molar refractivity (Wildman–Crippen MR) is 57.1 cm³/mol. The number of aliphatic imine (C=N–C) groups is 1. The SMILES string of the molecule is CC(C)C1CCSC(=NCC(F)F)N1. The van der Waals surface area contributed by atoms with Crippen LogP contribution in [0, 0.1) is 5.92 Å². The lowest BCUT2D eigenvalue weighted by Gasteiger charge is -2.28. The maximum atomic E-state index is 11.9. The molecule has 0 aliphatic carbocycles. The monoisotopic (exact) mass is 222 g/mol. The van der Waals surface area contributed by atoms with E-state index < -0.39 is 6.43 Å². The van der Waals surface area contributed by atoms with E-state index in [2.05, 4.69) is 24.2 Å². The molecule has 0 aromatic heterocycles. The molecule has 0 bridgehead atoms. The second-order valence-corrected chi connectivity index (χ2v) is 4.75. The van der Waals surface area contributed by atoms with E-state index in [1.54, 1.807) is 0 Å². The van der Waals surface area contributed by atoms with E-state index in [0.717, 1.165) is 12.2 Å². The highest BCUT2D eigenvalue weighted by Crippen LogP contribution is 2.18. The van der Waals surface area contributed by atoms with Crippen LogP contribution in [0.15, 0.2) is 4.99 Å². The maximum absolute atomic E-state index is 11.9. The van der Waals surface area contributed by atoms with Crippen LogP contribution in [0.4, 0.5) is 8.78 Å². The summed E-state index contributed by atoms with van der Waals surface area (Å²) >= 11 is 1.53. The van der Waals surface area contributed by atoms with Crippen LogP contribution >= 0.6 is 11.8 Å². The van der Waals surface area contributed by atoms with E-state index >= 15 is 0 Å². The molecule has 1 unspecified atom stereocenters. The van der Waals surface area contributed by atoms with Crippen molar-refractivity contribution in [3.8, 4) is 0 Å². The standard InChI is InChI=1S/C9H16F2N2S/c1-6(2)7-3-4-14-9(13-7)12-5-8(10)11/h6-8H,3-5H2,1-2H3,(H,12,13). The van der Waals surface area contributed by atoms with E-state index in [1.165, 1.54) is 11.8 Å². The largest absolute Gasteiger partial charge is 0.362 e. The first-order valence-electron chi connectivity index (χ1n) is 4.81. The Morgan fingerprint density at radius 2 is 2.29 bits per heavy atom. The number of nitrogens with zero attached hydrogens (tertiary/aromatic N) is 1. The first-order chi connectivity index (χ1) is 6.59. The number of halogens is 2. The summed E-state index contributed by atoms with van der Waals surface area (Å²) in [5.41, 5.74) is 0. The van der Waals surface area contributed by atoms with Crippen molar-refractivity contribution >= 4 is 16.9 Å². The van der Waals surface area contributed by atoms with Gasteiger partial charge in [0.25, 0.3) is 6.43 Å². The van der Waals surface area contributed by atoms with Gasteiger partial charge in [-0.05, 0) is 12.3 Å². The van der Waals surface area contributed by atoms with Crippen LogP contribution in [0.5, 0.6) is 0 Å². The third-order valence-electron chi connectivity index (χ3n) is 2.15. The average molecular weight is 222 g/mol. The summed E-state index contributed by atoms with van der Waals surface area (Å²) in [6.07, 6.45) is -1.26. The quantitative estimate of drug-likeness (QED) is 0.792. The minimum absolute atomic E-state index is 0.382. The Labute approximate surface area is 87.6 Å². The van der Waals surface area contributed by atoms with Gasteiger partial charge in [0.2, 0.25) is 0 Å². The van der Waals surface area contributed by atoms with Gasteiger partial charge in [-0.3, -0.25) is 4.99 Å². The molecule has 0 saturated carbocycles. The third-order valence-corrected chi connectivity index (χ3v) is 3.11. The smallest absolute Gasteiger partial charge is 0.257 e. The van der Waals surface area contributed by atoms with E-state index in [1.807, 2.05) is 0 Å². The summed E-state index contributed by atoms with van der Waals surface area (Å²) in [4.78, 5) is 3.83. The number of hydrogen-bond donors (Lipinski definition) is 1. The van der Waals surface area contributed by atoms with Gasteiger partial charge in [-0.2, -0.15) is 0 Å². The van der Waals surface area contributed by atoms with Crippen LogP contribution in [0.25, 0.3) is 0 Å². The van der Waals surface area contributed by atoms with E-state index in [9.17, 15) is 8.78 Å². The Balaban J connectivity index is 2.43. The average Bonchev–Trinajstić information content (AvgIpc) is 2.15. The molecule has 1 atom stereocenters. The van der Waals surface area contributed by atoms with Gasteiger partial charge in [0.15, 0.2) is 5.17 Å². The molecule has 1 saturated heterocycles. The number of hydrogen-bond acceptors (Lipinski definition) is 2. The molecule has 2 nitrogen and oxygen atoms in total. The Morgan fingerprint density at radius 3 is 2.86 bits per heavy atom. The molecule has 0 amide bonds. The molecule has 0 aromatic rings. The normalized spacial score (nSPS) is 25.9. The zero-order valence-corrected chi connectivity index (χ0v) is 9.28. The van der Waals surface area contributed by atoms with E-state index in [4.69, 9.17) is 0 Å². The summed E-state index contributed by atoms with van der Waals surface area (Å²) in [5, 5.41) is 3.86. The van der Waals surface area contributed by atoms with Crippen molar-refractivity contribution in [1.29, 1.82) is 0 Å². The highest BCUT2D eigenvalue weighted by atomic mass is 32.2. The Hall–Kier alpha value is -0.320. The lowest BCUT2D eigenvalue weighted by atomic mass is 10.0. The number of rotatable bonds is 3. The summed E-state index contributed by atoms with van der Waals surface area (Å²) < 4.78 is 23.8. The minimum atomic E-state index is -2.34. The molecular weight excluding hydrogens is 206 g/mol. The molecular formula is C9H16F2N2S. The number of nitrogens with one attached hydrogen (secondary N) is 1. The zero-order valence-electron chi connectivity index (χ0n) is 8.46. The molecule has 1 fully saturated rings. The zero-order chi connectivity index (χ0) is 10.6. The van der Waals surface area contributed by atoms with Gasteiger partial charge >= 0.3 is 0 Å². The van der Waals surface area contributed by atoms with Crippen molar-refractivity contribution in [3.63, 3.8) is 0 Å². The molecule has 0 aromatic carbocycles. The van der Waals surface area contributed by atoms with Gasteiger partial charge in [0.05, 0.1) is 0 Å². The number of thioether (sulfide) groups is 1. The third kappa shape index (κ3) is 3.82. The van der Waals surface area contributed by atoms with E-state index in [0.29, 0.717) is 17.1 Å². The predicted octanol–water partition coefficient (Wildman–Crippen LogP) is 2.36. The van der Waals surface area contributed by atoms with Crippen molar-refractivity contribution in [2.75, 3.05) is 12.3 Å². The molecule has 0 spiro atoms. The first-order valence-corrected chi connectivity index (χ1v) is 5.80. The van der Waals surface area contributed by atoms with Crippen LogP contribution in [0.1, 0.15) is 20.3 Å². The number of alkyl halides is 2. The molecule has 82 valence electrons. The van der Waals surface area contributed by atoms with Gasteiger partial charge in [-0.1, -0.05) is 25.6 Å².